The molecule has 3 nitrogen and oxygen atoms in total. The Labute approximate surface area is 130 Å². The van der Waals surface area contributed by atoms with E-state index in [4.69, 9.17) is 9.15 Å². The maximum absolute atomic E-state index is 5.75. The number of oxazole rings is 1. The molecule has 0 N–H and O–H groups in total. The molecule has 0 aliphatic rings. The zero-order valence-electron chi connectivity index (χ0n) is 12.9. The molecule has 0 radical (unpaired) electrons. The van der Waals surface area contributed by atoms with Crippen LogP contribution in [0.4, 0.5) is 0 Å². The van der Waals surface area contributed by atoms with E-state index in [2.05, 4.69) is 11.9 Å². The minimum atomic E-state index is 0.588. The molecule has 0 atom stereocenters. The average molecular weight is 293 g/mol. The molecule has 22 heavy (non-hydrogen) atoms. The lowest BCUT2D eigenvalue weighted by molar-refractivity contribution is 0.320. The largest absolute Gasteiger partial charge is 0.493 e. The van der Waals surface area contributed by atoms with Crippen LogP contribution in [0.1, 0.15) is 17.0 Å². The van der Waals surface area contributed by atoms with Crippen LogP contribution in [0, 0.1) is 13.8 Å². The molecule has 0 bridgehead atoms. The molecule has 0 aliphatic heterocycles. The summed E-state index contributed by atoms with van der Waals surface area (Å²) in [5.41, 5.74) is 3.18. The van der Waals surface area contributed by atoms with Gasteiger partial charge in [0, 0.05) is 12.0 Å². The van der Waals surface area contributed by atoms with E-state index in [1.54, 1.807) is 0 Å². The lowest BCUT2D eigenvalue weighted by Crippen LogP contribution is -2.02. The van der Waals surface area contributed by atoms with Crippen LogP contribution in [-0.4, -0.2) is 11.6 Å². The molecule has 0 unspecified atom stereocenters. The smallest absolute Gasteiger partial charge is 0.226 e. The van der Waals surface area contributed by atoms with Crippen LogP contribution in [0.15, 0.2) is 59.0 Å². The molecule has 0 saturated heterocycles. The van der Waals surface area contributed by atoms with Crippen LogP contribution >= 0.6 is 0 Å². The third-order valence-electron chi connectivity index (χ3n) is 3.54. The molecule has 0 fully saturated rings. The van der Waals surface area contributed by atoms with Gasteiger partial charge in [-0.15, -0.1) is 0 Å². The molecular weight excluding hydrogens is 274 g/mol. The number of aryl methyl sites for hydroxylation is 2. The highest BCUT2D eigenvalue weighted by Gasteiger charge is 2.11. The summed E-state index contributed by atoms with van der Waals surface area (Å²) in [5.74, 6) is 2.41. The van der Waals surface area contributed by atoms with Crippen LogP contribution in [0.2, 0.25) is 0 Å². The molecular formula is C19H19NO2. The standard InChI is InChI=1S/C19H19NO2/c1-14-8-10-17(11-9-14)21-13-12-18-15(2)22-19(20-18)16-6-4-3-5-7-16/h3-11H,12-13H2,1-2H3. The summed E-state index contributed by atoms with van der Waals surface area (Å²) in [6.07, 6.45) is 0.732. The van der Waals surface area contributed by atoms with Gasteiger partial charge in [0.1, 0.15) is 11.5 Å². The normalized spacial score (nSPS) is 10.6. The fourth-order valence-corrected chi connectivity index (χ4v) is 2.26. The molecule has 0 amide bonds. The van der Waals surface area contributed by atoms with Crippen molar-refractivity contribution in [2.75, 3.05) is 6.61 Å². The molecule has 3 aromatic rings. The number of ether oxygens (including phenoxy) is 1. The van der Waals surface area contributed by atoms with Gasteiger partial charge in [0.15, 0.2) is 0 Å². The number of nitrogens with zero attached hydrogens (tertiary/aromatic N) is 1. The summed E-state index contributed by atoms with van der Waals surface area (Å²) in [4.78, 5) is 4.58. The van der Waals surface area contributed by atoms with E-state index in [9.17, 15) is 0 Å². The van der Waals surface area contributed by atoms with E-state index in [-0.39, 0.29) is 0 Å². The van der Waals surface area contributed by atoms with Crippen molar-refractivity contribution >= 4 is 0 Å². The molecule has 0 spiro atoms. The molecule has 3 rings (SSSR count). The zero-order chi connectivity index (χ0) is 15.4. The first-order valence-electron chi connectivity index (χ1n) is 7.43. The Balaban J connectivity index is 1.63. The van der Waals surface area contributed by atoms with Crippen molar-refractivity contribution in [1.82, 2.24) is 4.98 Å². The third kappa shape index (κ3) is 3.37. The highest BCUT2D eigenvalue weighted by atomic mass is 16.5. The Hall–Kier alpha value is -2.55. The van der Waals surface area contributed by atoms with Gasteiger partial charge in [-0.05, 0) is 38.1 Å². The minimum absolute atomic E-state index is 0.588. The number of hydrogen-bond donors (Lipinski definition) is 0. The summed E-state index contributed by atoms with van der Waals surface area (Å²) in [7, 11) is 0. The number of aromatic nitrogens is 1. The van der Waals surface area contributed by atoms with Crippen molar-refractivity contribution in [1.29, 1.82) is 0 Å². The van der Waals surface area contributed by atoms with E-state index in [1.165, 1.54) is 5.56 Å². The van der Waals surface area contributed by atoms with Crippen LogP contribution in [0.3, 0.4) is 0 Å². The van der Waals surface area contributed by atoms with Gasteiger partial charge >= 0.3 is 0 Å². The average Bonchev–Trinajstić information content (AvgIpc) is 2.91. The van der Waals surface area contributed by atoms with E-state index in [1.807, 2.05) is 61.5 Å². The van der Waals surface area contributed by atoms with Gasteiger partial charge in [-0.2, -0.15) is 0 Å². The lowest BCUT2D eigenvalue weighted by Gasteiger charge is -2.05. The summed E-state index contributed by atoms with van der Waals surface area (Å²) >= 11 is 0. The topological polar surface area (TPSA) is 35.3 Å². The number of benzene rings is 2. The first-order chi connectivity index (χ1) is 10.7. The SMILES string of the molecule is Cc1ccc(OCCc2nc(-c3ccccc3)oc2C)cc1. The first-order valence-corrected chi connectivity index (χ1v) is 7.43. The zero-order valence-corrected chi connectivity index (χ0v) is 12.9. The van der Waals surface area contributed by atoms with Crippen molar-refractivity contribution in [2.45, 2.75) is 20.3 Å². The molecule has 0 aliphatic carbocycles. The quantitative estimate of drug-likeness (QED) is 0.690. The van der Waals surface area contributed by atoms with Crippen molar-refractivity contribution in [2.24, 2.45) is 0 Å². The van der Waals surface area contributed by atoms with Gasteiger partial charge < -0.3 is 9.15 Å². The maximum Gasteiger partial charge on any atom is 0.226 e. The second-order valence-corrected chi connectivity index (χ2v) is 5.30. The first kappa shape index (κ1) is 14.4. The van der Waals surface area contributed by atoms with Gasteiger partial charge in [0.05, 0.1) is 12.3 Å². The van der Waals surface area contributed by atoms with E-state index >= 15 is 0 Å². The molecule has 0 saturated carbocycles. The van der Waals surface area contributed by atoms with Crippen molar-refractivity contribution in [3.63, 3.8) is 0 Å². The van der Waals surface area contributed by atoms with Gasteiger partial charge in [-0.1, -0.05) is 35.9 Å². The second-order valence-electron chi connectivity index (χ2n) is 5.30. The van der Waals surface area contributed by atoms with Gasteiger partial charge in [-0.3, -0.25) is 0 Å². The summed E-state index contributed by atoms with van der Waals surface area (Å²) in [6, 6.07) is 18.0. The van der Waals surface area contributed by atoms with Gasteiger partial charge in [-0.25, -0.2) is 4.98 Å². The minimum Gasteiger partial charge on any atom is -0.493 e. The van der Waals surface area contributed by atoms with Crippen LogP contribution in [0.5, 0.6) is 5.75 Å². The predicted octanol–water partition coefficient (Wildman–Crippen LogP) is 4.58. The highest BCUT2D eigenvalue weighted by molar-refractivity contribution is 5.53. The van der Waals surface area contributed by atoms with Crippen molar-refractivity contribution < 1.29 is 9.15 Å². The molecule has 112 valence electrons. The highest BCUT2D eigenvalue weighted by Crippen LogP contribution is 2.21. The van der Waals surface area contributed by atoms with Crippen LogP contribution in [0.25, 0.3) is 11.5 Å². The predicted molar refractivity (Wildman–Crippen MR) is 87.1 cm³/mol. The molecule has 1 aromatic heterocycles. The maximum atomic E-state index is 5.75. The van der Waals surface area contributed by atoms with Crippen molar-refractivity contribution in [3.8, 4) is 17.2 Å². The van der Waals surface area contributed by atoms with Crippen LogP contribution in [-0.2, 0) is 6.42 Å². The number of hydrogen-bond acceptors (Lipinski definition) is 3. The molecule has 3 heteroatoms. The Bertz CT molecular complexity index is 730. The van der Waals surface area contributed by atoms with E-state index in [0.717, 1.165) is 29.2 Å². The van der Waals surface area contributed by atoms with Gasteiger partial charge in [0.2, 0.25) is 5.89 Å². The molecule has 2 aromatic carbocycles. The second kappa shape index (κ2) is 6.48. The summed E-state index contributed by atoms with van der Waals surface area (Å²) in [6.45, 7) is 4.60. The fraction of sp³-hybridized carbons (Fsp3) is 0.211. The Morgan fingerprint density at radius 2 is 1.68 bits per heavy atom. The monoisotopic (exact) mass is 293 g/mol. The van der Waals surface area contributed by atoms with Crippen LogP contribution < -0.4 is 4.74 Å². The van der Waals surface area contributed by atoms with E-state index in [0.29, 0.717) is 12.5 Å². The fourth-order valence-electron chi connectivity index (χ4n) is 2.26. The Kier molecular flexibility index (Phi) is 4.24. The third-order valence-corrected chi connectivity index (χ3v) is 3.54. The van der Waals surface area contributed by atoms with E-state index < -0.39 is 0 Å². The van der Waals surface area contributed by atoms with Crippen molar-refractivity contribution in [3.05, 3.63) is 71.6 Å². The summed E-state index contributed by atoms with van der Waals surface area (Å²) < 4.78 is 11.5. The summed E-state index contributed by atoms with van der Waals surface area (Å²) in [5, 5.41) is 0. The Morgan fingerprint density at radius 3 is 2.41 bits per heavy atom. The van der Waals surface area contributed by atoms with Gasteiger partial charge in [0.25, 0.3) is 0 Å². The number of rotatable bonds is 5. The Morgan fingerprint density at radius 1 is 0.955 bits per heavy atom. The molecule has 1 heterocycles. The lowest BCUT2D eigenvalue weighted by atomic mass is 10.2.